The first-order chi connectivity index (χ1) is 15.5. The lowest BCUT2D eigenvalue weighted by atomic mass is 10.0. The Labute approximate surface area is 193 Å². The van der Waals surface area contributed by atoms with Crippen molar-refractivity contribution < 1.29 is 19.1 Å². The molecule has 0 N–H and O–H groups in total. The molecule has 1 aliphatic rings. The Kier molecular flexibility index (Phi) is 7.43. The average Bonchev–Trinajstić information content (AvgIpc) is 2.80. The maximum absolute atomic E-state index is 13.4. The van der Waals surface area contributed by atoms with E-state index in [1.807, 2.05) is 31.2 Å². The number of benzene rings is 2. The lowest BCUT2D eigenvalue weighted by Crippen LogP contribution is -2.56. The SMILES string of the molecule is C=CCc1cc(/C=C2\C(=O)N(CCC)C(=S)N(c3ccccc3)C2=O)cc(OC)c1OC. The highest BCUT2D eigenvalue weighted by molar-refractivity contribution is 7.80. The molecule has 1 heterocycles. The average molecular weight is 451 g/mol. The second-order valence-electron chi connectivity index (χ2n) is 7.18. The summed E-state index contributed by atoms with van der Waals surface area (Å²) in [5.41, 5.74) is 2.13. The van der Waals surface area contributed by atoms with Gasteiger partial charge in [-0.1, -0.05) is 31.2 Å². The molecule has 32 heavy (non-hydrogen) atoms. The van der Waals surface area contributed by atoms with Gasteiger partial charge >= 0.3 is 0 Å². The van der Waals surface area contributed by atoms with Gasteiger partial charge in [-0.15, -0.1) is 6.58 Å². The molecule has 0 radical (unpaired) electrons. The number of anilines is 1. The van der Waals surface area contributed by atoms with E-state index in [2.05, 4.69) is 6.58 Å². The third-order valence-corrected chi connectivity index (χ3v) is 5.45. The van der Waals surface area contributed by atoms with Gasteiger partial charge in [0, 0.05) is 12.1 Å². The third-order valence-electron chi connectivity index (χ3n) is 5.05. The Morgan fingerprint density at radius 1 is 1.06 bits per heavy atom. The van der Waals surface area contributed by atoms with Crippen molar-refractivity contribution in [2.24, 2.45) is 0 Å². The zero-order valence-electron chi connectivity index (χ0n) is 18.5. The number of hydrogen-bond acceptors (Lipinski definition) is 5. The minimum atomic E-state index is -0.460. The predicted molar refractivity (Wildman–Crippen MR) is 130 cm³/mol. The van der Waals surface area contributed by atoms with E-state index in [0.29, 0.717) is 42.1 Å². The van der Waals surface area contributed by atoms with Gasteiger partial charge in [0.2, 0.25) is 0 Å². The van der Waals surface area contributed by atoms with Crippen molar-refractivity contribution in [2.45, 2.75) is 19.8 Å². The second kappa shape index (κ2) is 10.2. The van der Waals surface area contributed by atoms with Gasteiger partial charge in [-0.3, -0.25) is 19.4 Å². The van der Waals surface area contributed by atoms with Crippen LogP contribution in [0.25, 0.3) is 6.08 Å². The number of hydrogen-bond donors (Lipinski definition) is 0. The molecular formula is C25H26N2O4S. The highest BCUT2D eigenvalue weighted by Crippen LogP contribution is 2.35. The number of amides is 2. The fraction of sp³-hybridized carbons (Fsp3) is 0.240. The molecule has 2 amide bonds. The standard InChI is InChI=1S/C25H26N2O4S/c1-5-10-18-14-17(16-21(30-3)22(18)31-4)15-20-23(28)26(13-6-2)25(32)27(24(20)29)19-11-8-7-9-12-19/h5,7-9,11-12,14-16H,1,6,10,13H2,2-4H3/b20-15+. The highest BCUT2D eigenvalue weighted by atomic mass is 32.1. The van der Waals surface area contributed by atoms with Crippen LogP contribution in [0.4, 0.5) is 5.69 Å². The molecule has 1 saturated heterocycles. The number of ether oxygens (including phenoxy) is 2. The molecule has 0 aliphatic carbocycles. The monoisotopic (exact) mass is 450 g/mol. The van der Waals surface area contributed by atoms with Gasteiger partial charge < -0.3 is 9.47 Å². The molecule has 2 aromatic rings. The number of nitrogens with zero attached hydrogens (tertiary/aromatic N) is 2. The normalized spacial score (nSPS) is 15.3. The maximum atomic E-state index is 13.4. The van der Waals surface area contributed by atoms with Crippen LogP contribution in [-0.4, -0.2) is 42.6 Å². The van der Waals surface area contributed by atoms with E-state index >= 15 is 0 Å². The number of allylic oxidation sites excluding steroid dienone is 1. The number of carbonyl (C=O) groups is 2. The molecule has 0 spiro atoms. The Bertz CT molecular complexity index is 1080. The molecule has 2 aromatic carbocycles. The third kappa shape index (κ3) is 4.43. The molecule has 0 atom stereocenters. The van der Waals surface area contributed by atoms with E-state index in [9.17, 15) is 9.59 Å². The van der Waals surface area contributed by atoms with Crippen molar-refractivity contribution in [3.8, 4) is 11.5 Å². The summed E-state index contributed by atoms with van der Waals surface area (Å²) in [6.45, 7) is 6.16. The Balaban J connectivity index is 2.15. The van der Waals surface area contributed by atoms with Crippen molar-refractivity contribution in [1.82, 2.24) is 4.90 Å². The molecule has 7 heteroatoms. The molecule has 1 fully saturated rings. The lowest BCUT2D eigenvalue weighted by molar-refractivity contribution is -0.127. The number of para-hydroxylation sites is 1. The van der Waals surface area contributed by atoms with Crippen molar-refractivity contribution in [2.75, 3.05) is 25.7 Å². The summed E-state index contributed by atoms with van der Waals surface area (Å²) in [6.07, 6.45) is 4.58. The summed E-state index contributed by atoms with van der Waals surface area (Å²) in [7, 11) is 3.11. The first-order valence-corrected chi connectivity index (χ1v) is 10.7. The molecule has 6 nitrogen and oxygen atoms in total. The smallest absolute Gasteiger partial charge is 0.270 e. The van der Waals surface area contributed by atoms with Crippen LogP contribution < -0.4 is 14.4 Å². The van der Waals surface area contributed by atoms with Crippen LogP contribution in [0, 0.1) is 0 Å². The van der Waals surface area contributed by atoms with Gasteiger partial charge in [0.25, 0.3) is 11.8 Å². The van der Waals surface area contributed by atoms with E-state index < -0.39 is 11.8 Å². The first kappa shape index (κ1) is 23.2. The number of rotatable bonds is 8. The van der Waals surface area contributed by atoms with Gasteiger partial charge in [-0.2, -0.15) is 0 Å². The first-order valence-electron chi connectivity index (χ1n) is 10.3. The van der Waals surface area contributed by atoms with Crippen LogP contribution in [-0.2, 0) is 16.0 Å². The minimum Gasteiger partial charge on any atom is -0.493 e. The van der Waals surface area contributed by atoms with Crippen LogP contribution >= 0.6 is 12.2 Å². The van der Waals surface area contributed by atoms with Crippen LogP contribution in [0.3, 0.4) is 0 Å². The van der Waals surface area contributed by atoms with Gasteiger partial charge in [0.15, 0.2) is 16.6 Å². The Hall–Kier alpha value is -3.45. The van der Waals surface area contributed by atoms with Crippen molar-refractivity contribution in [3.05, 3.63) is 71.8 Å². The number of carbonyl (C=O) groups excluding carboxylic acids is 2. The summed E-state index contributed by atoms with van der Waals surface area (Å²) in [4.78, 5) is 29.6. The molecule has 3 rings (SSSR count). The second-order valence-corrected chi connectivity index (χ2v) is 7.55. The van der Waals surface area contributed by atoms with Gasteiger partial charge in [-0.25, -0.2) is 0 Å². The van der Waals surface area contributed by atoms with Gasteiger partial charge in [-0.05, 0) is 61.0 Å². The van der Waals surface area contributed by atoms with E-state index in [0.717, 1.165) is 5.56 Å². The molecule has 166 valence electrons. The summed E-state index contributed by atoms with van der Waals surface area (Å²) >= 11 is 5.53. The minimum absolute atomic E-state index is 0.0349. The van der Waals surface area contributed by atoms with Crippen LogP contribution in [0.5, 0.6) is 11.5 Å². The number of methoxy groups -OCH3 is 2. The molecule has 0 saturated carbocycles. The molecular weight excluding hydrogens is 424 g/mol. The largest absolute Gasteiger partial charge is 0.493 e. The quantitative estimate of drug-likeness (QED) is 0.258. The van der Waals surface area contributed by atoms with Crippen molar-refractivity contribution >= 4 is 40.9 Å². The highest BCUT2D eigenvalue weighted by Gasteiger charge is 2.39. The molecule has 0 bridgehead atoms. The zero-order valence-corrected chi connectivity index (χ0v) is 19.3. The van der Waals surface area contributed by atoms with Crippen molar-refractivity contribution in [1.29, 1.82) is 0 Å². The van der Waals surface area contributed by atoms with Crippen LogP contribution in [0.1, 0.15) is 24.5 Å². The van der Waals surface area contributed by atoms with E-state index in [1.54, 1.807) is 44.6 Å². The van der Waals surface area contributed by atoms with E-state index in [-0.39, 0.29) is 10.7 Å². The van der Waals surface area contributed by atoms with E-state index in [1.165, 1.54) is 9.80 Å². The van der Waals surface area contributed by atoms with Crippen LogP contribution in [0.2, 0.25) is 0 Å². The predicted octanol–water partition coefficient (Wildman–Crippen LogP) is 4.39. The van der Waals surface area contributed by atoms with E-state index in [4.69, 9.17) is 21.7 Å². The fourth-order valence-electron chi connectivity index (χ4n) is 3.62. The maximum Gasteiger partial charge on any atom is 0.270 e. The van der Waals surface area contributed by atoms with Crippen molar-refractivity contribution in [3.63, 3.8) is 0 Å². The summed E-state index contributed by atoms with van der Waals surface area (Å²) in [5.74, 6) is 0.235. The summed E-state index contributed by atoms with van der Waals surface area (Å²) in [5, 5.41) is 0.185. The summed E-state index contributed by atoms with van der Waals surface area (Å²) < 4.78 is 11.0. The molecule has 1 aliphatic heterocycles. The molecule has 0 aromatic heterocycles. The summed E-state index contributed by atoms with van der Waals surface area (Å²) in [6, 6.07) is 12.7. The van der Waals surface area contributed by atoms with Crippen LogP contribution in [0.15, 0.2) is 60.7 Å². The van der Waals surface area contributed by atoms with Gasteiger partial charge in [0.05, 0.1) is 19.9 Å². The topological polar surface area (TPSA) is 59.1 Å². The molecule has 0 unspecified atom stereocenters. The van der Waals surface area contributed by atoms with Gasteiger partial charge in [0.1, 0.15) is 5.57 Å². The lowest BCUT2D eigenvalue weighted by Gasteiger charge is -2.36. The Morgan fingerprint density at radius 3 is 2.38 bits per heavy atom. The number of thiocarbonyl (C=S) groups is 1. The fourth-order valence-corrected chi connectivity index (χ4v) is 3.99. The Morgan fingerprint density at radius 2 is 1.78 bits per heavy atom. The zero-order chi connectivity index (χ0) is 23.3.